The van der Waals surface area contributed by atoms with Gasteiger partial charge in [0.2, 0.25) is 0 Å². The number of rotatable bonds is 2. The maximum absolute atomic E-state index is 6.25. The van der Waals surface area contributed by atoms with Crippen molar-refractivity contribution < 1.29 is 0 Å². The fourth-order valence-electron chi connectivity index (χ4n) is 3.17. The van der Waals surface area contributed by atoms with Crippen molar-refractivity contribution in [3.05, 3.63) is 66.1 Å². The molecule has 0 atom stereocenters. The van der Waals surface area contributed by atoms with Gasteiger partial charge in [0.1, 0.15) is 17.2 Å². The van der Waals surface area contributed by atoms with E-state index in [1.807, 2.05) is 63.4 Å². The highest BCUT2D eigenvalue weighted by Gasteiger charge is 2.10. The number of nitrogens with zero attached hydrogens (tertiary/aromatic N) is 5. The Morgan fingerprint density at radius 2 is 1.78 bits per heavy atom. The van der Waals surface area contributed by atoms with Crippen molar-refractivity contribution in [3.8, 4) is 17.1 Å². The van der Waals surface area contributed by atoms with Crippen LogP contribution in [0.5, 0.6) is 0 Å². The zero-order chi connectivity index (χ0) is 19.0. The number of aromatic nitrogens is 6. The minimum Gasteiger partial charge on any atom is -0.385 e. The minimum atomic E-state index is 0.467. The summed E-state index contributed by atoms with van der Waals surface area (Å²) in [6, 6.07) is 15.8. The molecule has 27 heavy (non-hydrogen) atoms. The van der Waals surface area contributed by atoms with Gasteiger partial charge in [-0.05, 0) is 26.0 Å². The van der Waals surface area contributed by atoms with Crippen LogP contribution < -0.4 is 5.73 Å². The fourth-order valence-corrected chi connectivity index (χ4v) is 3.17. The molecule has 0 aliphatic heterocycles. The Morgan fingerprint density at radius 1 is 1.00 bits per heavy atom. The standard InChI is InChI=1S/C20H21N7/c1-13-11-14(2)27(24-13)18-12-17(21)23-20-16(9-10-22-18)19(25-26(20)3)15-7-5-4-6-8-15/h4-12,23H,21H2,1-3H3. The molecule has 0 unspecified atom stereocenters. The number of nitrogen functional groups attached to an aromatic ring is 1. The predicted molar refractivity (Wildman–Crippen MR) is 107 cm³/mol. The van der Waals surface area contributed by atoms with Crippen molar-refractivity contribution in [2.75, 3.05) is 5.73 Å². The van der Waals surface area contributed by atoms with Crippen LogP contribution in [0.4, 0.5) is 5.82 Å². The largest absolute Gasteiger partial charge is 0.385 e. The summed E-state index contributed by atoms with van der Waals surface area (Å²) in [4.78, 5) is 7.84. The topological polar surface area (TPSA) is 90.3 Å². The molecule has 3 N–H and O–H groups in total. The van der Waals surface area contributed by atoms with E-state index in [2.05, 4.69) is 20.2 Å². The molecule has 0 saturated carbocycles. The molecule has 136 valence electrons. The molecule has 0 saturated heterocycles. The molecule has 0 radical (unpaired) electrons. The SMILES string of the molecule is Cc1cc(C)n(-c2cc(N)[nH]c3c(ccn2)c(-c2ccccc2)nn3C)n1. The molecular weight excluding hydrogens is 338 g/mol. The predicted octanol–water partition coefficient (Wildman–Crippen LogP) is 3.47. The van der Waals surface area contributed by atoms with Gasteiger partial charge in [0.05, 0.1) is 5.69 Å². The van der Waals surface area contributed by atoms with Crippen LogP contribution in [-0.2, 0) is 7.05 Å². The van der Waals surface area contributed by atoms with Gasteiger partial charge in [-0.15, -0.1) is 0 Å². The average molecular weight is 359 g/mol. The fraction of sp³-hybridized carbons (Fsp3) is 0.150. The van der Waals surface area contributed by atoms with Crippen LogP contribution in [0, 0.1) is 13.8 Å². The van der Waals surface area contributed by atoms with Gasteiger partial charge in [0.15, 0.2) is 5.82 Å². The molecule has 7 heteroatoms. The van der Waals surface area contributed by atoms with Gasteiger partial charge in [0, 0.05) is 36.0 Å². The Hall–Kier alpha value is -3.61. The summed E-state index contributed by atoms with van der Waals surface area (Å²) in [6.45, 7) is 3.94. The van der Waals surface area contributed by atoms with Crippen LogP contribution in [0.25, 0.3) is 28.1 Å². The summed E-state index contributed by atoms with van der Waals surface area (Å²) in [7, 11) is 1.89. The molecule has 1 aromatic carbocycles. The summed E-state index contributed by atoms with van der Waals surface area (Å²) < 4.78 is 3.57. The van der Waals surface area contributed by atoms with E-state index in [4.69, 9.17) is 5.73 Å². The number of anilines is 1. The molecule has 0 aliphatic carbocycles. The van der Waals surface area contributed by atoms with E-state index in [9.17, 15) is 0 Å². The first-order valence-electron chi connectivity index (χ1n) is 8.67. The zero-order valence-electron chi connectivity index (χ0n) is 15.5. The quantitative estimate of drug-likeness (QED) is 0.573. The first kappa shape index (κ1) is 16.8. The van der Waals surface area contributed by atoms with Gasteiger partial charge in [-0.1, -0.05) is 30.3 Å². The third kappa shape index (κ3) is 3.15. The Morgan fingerprint density at radius 3 is 2.48 bits per heavy atom. The van der Waals surface area contributed by atoms with Gasteiger partial charge in [-0.25, -0.2) is 9.67 Å². The van der Waals surface area contributed by atoms with Crippen molar-refractivity contribution in [1.29, 1.82) is 0 Å². The van der Waals surface area contributed by atoms with Crippen molar-refractivity contribution in [3.63, 3.8) is 0 Å². The maximum atomic E-state index is 6.25. The number of hydrogen-bond acceptors (Lipinski definition) is 4. The second-order valence-corrected chi connectivity index (χ2v) is 6.47. The first-order valence-corrected chi connectivity index (χ1v) is 8.67. The number of aromatic amines is 1. The van der Waals surface area contributed by atoms with Gasteiger partial charge in [-0.2, -0.15) is 10.2 Å². The number of aryl methyl sites for hydroxylation is 3. The zero-order valence-corrected chi connectivity index (χ0v) is 15.5. The normalized spacial score (nSPS) is 10.9. The van der Waals surface area contributed by atoms with E-state index in [0.29, 0.717) is 11.6 Å². The maximum Gasteiger partial charge on any atom is 0.157 e. The Balaban J connectivity index is 1.99. The third-order valence-electron chi connectivity index (χ3n) is 4.35. The summed E-state index contributed by atoms with van der Waals surface area (Å²) >= 11 is 0. The van der Waals surface area contributed by atoms with E-state index in [0.717, 1.165) is 33.7 Å². The minimum absolute atomic E-state index is 0.467. The molecule has 0 amide bonds. The van der Waals surface area contributed by atoms with Gasteiger partial charge in [0.25, 0.3) is 0 Å². The van der Waals surface area contributed by atoms with Crippen LogP contribution in [0.3, 0.4) is 0 Å². The highest BCUT2D eigenvalue weighted by Crippen LogP contribution is 2.25. The molecule has 0 spiro atoms. The molecule has 0 fully saturated rings. The van der Waals surface area contributed by atoms with Gasteiger partial charge >= 0.3 is 0 Å². The number of fused-ring (bicyclic) bond motifs is 1. The summed E-state index contributed by atoms with van der Waals surface area (Å²) in [5, 5.41) is 10.1. The number of nitrogens with two attached hydrogens (primary N) is 1. The molecule has 0 aliphatic rings. The van der Waals surface area contributed by atoms with Crippen LogP contribution in [0.2, 0.25) is 0 Å². The lowest BCUT2D eigenvalue weighted by Crippen LogP contribution is -2.01. The van der Waals surface area contributed by atoms with Crippen molar-refractivity contribution >= 4 is 16.9 Å². The van der Waals surface area contributed by atoms with Crippen LogP contribution in [0.15, 0.2) is 54.7 Å². The Bertz CT molecular complexity index is 1160. The third-order valence-corrected chi connectivity index (χ3v) is 4.35. The van der Waals surface area contributed by atoms with Crippen molar-refractivity contribution in [2.24, 2.45) is 7.05 Å². The number of H-pyrrole nitrogens is 1. The molecule has 3 aromatic heterocycles. The van der Waals surface area contributed by atoms with E-state index in [1.165, 1.54) is 0 Å². The molecule has 3 heterocycles. The second kappa shape index (κ2) is 6.60. The summed E-state index contributed by atoms with van der Waals surface area (Å²) in [5.41, 5.74) is 10.9. The monoisotopic (exact) mass is 359 g/mol. The number of hydrogen-bond donors (Lipinski definition) is 2. The van der Waals surface area contributed by atoms with Gasteiger partial charge < -0.3 is 10.7 Å². The molecule has 0 bridgehead atoms. The highest BCUT2D eigenvalue weighted by molar-refractivity contribution is 5.90. The lowest BCUT2D eigenvalue weighted by atomic mass is 10.1. The van der Waals surface area contributed by atoms with Crippen molar-refractivity contribution in [2.45, 2.75) is 13.8 Å². The van der Waals surface area contributed by atoms with Crippen LogP contribution >= 0.6 is 0 Å². The van der Waals surface area contributed by atoms with Crippen LogP contribution in [-0.4, -0.2) is 29.5 Å². The van der Waals surface area contributed by atoms with E-state index < -0.39 is 0 Å². The highest BCUT2D eigenvalue weighted by atomic mass is 15.3. The summed E-state index contributed by atoms with van der Waals surface area (Å²) in [5.74, 6) is 1.11. The number of benzene rings is 1. The van der Waals surface area contributed by atoms with E-state index in [-0.39, 0.29) is 0 Å². The smallest absolute Gasteiger partial charge is 0.157 e. The van der Waals surface area contributed by atoms with Gasteiger partial charge in [-0.3, -0.25) is 4.68 Å². The molecular formula is C20H21N7. The van der Waals surface area contributed by atoms with E-state index in [1.54, 1.807) is 21.6 Å². The average Bonchev–Trinajstić information content (AvgIpc) is 3.16. The van der Waals surface area contributed by atoms with E-state index >= 15 is 0 Å². The first-order chi connectivity index (χ1) is 13.0. The lowest BCUT2D eigenvalue weighted by molar-refractivity contribution is 0.790. The van der Waals surface area contributed by atoms with Crippen molar-refractivity contribution in [1.82, 2.24) is 29.5 Å². The Labute approximate surface area is 156 Å². The second-order valence-electron chi connectivity index (χ2n) is 6.47. The lowest BCUT2D eigenvalue weighted by Gasteiger charge is -2.01. The van der Waals surface area contributed by atoms with Crippen LogP contribution in [0.1, 0.15) is 11.4 Å². The Kier molecular flexibility index (Phi) is 4.12. The number of nitrogens with one attached hydrogen (secondary N) is 1. The molecule has 4 aromatic rings. The summed E-state index contributed by atoms with van der Waals surface area (Å²) in [6.07, 6.45) is 1.76. The molecule has 4 rings (SSSR count). The molecule has 7 nitrogen and oxygen atoms in total.